The molecule has 1 N–H and O–H groups in total. The van der Waals surface area contributed by atoms with Crippen LogP contribution in [0.15, 0.2) is 24.9 Å². The third-order valence-corrected chi connectivity index (χ3v) is 1.22. The summed E-state index contributed by atoms with van der Waals surface area (Å²) in [6.07, 6.45) is 5.24. The van der Waals surface area contributed by atoms with E-state index in [4.69, 9.17) is 10.4 Å². The van der Waals surface area contributed by atoms with E-state index >= 15 is 0 Å². The highest BCUT2D eigenvalue weighted by Crippen LogP contribution is 2.06. The van der Waals surface area contributed by atoms with Crippen molar-refractivity contribution >= 4 is 5.57 Å². The van der Waals surface area contributed by atoms with E-state index in [2.05, 4.69) is 21.8 Å². The molecular weight excluding hydrogens is 166 g/mol. The van der Waals surface area contributed by atoms with E-state index < -0.39 is 0 Å². The van der Waals surface area contributed by atoms with Crippen molar-refractivity contribution in [1.29, 1.82) is 5.26 Å². The molecule has 1 heterocycles. The number of allylic oxidation sites excluding steroid dienone is 1. The van der Waals surface area contributed by atoms with Crippen LogP contribution in [0.3, 0.4) is 0 Å². The predicted molar refractivity (Wildman–Crippen MR) is 46.0 cm³/mol. The standard InChI is InChI=1S/C9H5N3O/c10-3-1-2-8(7-13)9-6-11-4-5-12-9/h4-7,13H/b8-7-. The summed E-state index contributed by atoms with van der Waals surface area (Å²) in [5.41, 5.74) is 0.711. The molecule has 0 aliphatic heterocycles. The van der Waals surface area contributed by atoms with Crippen molar-refractivity contribution in [3.8, 4) is 17.9 Å². The Kier molecular flexibility index (Phi) is 3.05. The quantitative estimate of drug-likeness (QED) is 0.503. The van der Waals surface area contributed by atoms with Gasteiger partial charge in [-0.2, -0.15) is 5.26 Å². The highest BCUT2D eigenvalue weighted by Gasteiger charge is 1.98. The van der Waals surface area contributed by atoms with E-state index in [1.807, 2.05) is 0 Å². The molecule has 1 aromatic rings. The Labute approximate surface area is 75.2 Å². The summed E-state index contributed by atoms with van der Waals surface area (Å²) < 4.78 is 0. The van der Waals surface area contributed by atoms with Crippen molar-refractivity contribution in [1.82, 2.24) is 9.97 Å². The van der Waals surface area contributed by atoms with Gasteiger partial charge in [0.15, 0.2) is 6.07 Å². The van der Waals surface area contributed by atoms with Crippen LogP contribution in [0.2, 0.25) is 0 Å². The highest BCUT2D eigenvalue weighted by molar-refractivity contribution is 5.75. The fourth-order valence-electron chi connectivity index (χ4n) is 0.696. The van der Waals surface area contributed by atoms with Crippen molar-refractivity contribution < 1.29 is 5.11 Å². The van der Waals surface area contributed by atoms with Crippen molar-refractivity contribution in [3.05, 3.63) is 30.5 Å². The average Bonchev–Trinajstić information content (AvgIpc) is 2.21. The van der Waals surface area contributed by atoms with E-state index in [1.165, 1.54) is 18.6 Å². The van der Waals surface area contributed by atoms with Gasteiger partial charge in [-0.3, -0.25) is 9.97 Å². The summed E-state index contributed by atoms with van der Waals surface area (Å²) in [6, 6.07) is 1.64. The van der Waals surface area contributed by atoms with Crippen LogP contribution in [0.25, 0.3) is 5.57 Å². The Bertz CT molecular complexity index is 406. The minimum Gasteiger partial charge on any atom is -0.514 e. The number of nitriles is 1. The largest absolute Gasteiger partial charge is 0.514 e. The van der Waals surface area contributed by atoms with Crippen molar-refractivity contribution in [2.24, 2.45) is 0 Å². The number of aliphatic hydroxyl groups is 1. The molecule has 62 valence electrons. The molecule has 0 aliphatic rings. The van der Waals surface area contributed by atoms with E-state index in [0.29, 0.717) is 5.69 Å². The molecule has 0 spiro atoms. The van der Waals surface area contributed by atoms with Crippen molar-refractivity contribution in [2.45, 2.75) is 0 Å². The number of hydrogen-bond acceptors (Lipinski definition) is 4. The van der Waals surface area contributed by atoms with Gasteiger partial charge in [0.2, 0.25) is 0 Å². The molecular formula is C9H5N3O. The number of nitrogens with zero attached hydrogens (tertiary/aromatic N) is 3. The fourth-order valence-corrected chi connectivity index (χ4v) is 0.696. The van der Waals surface area contributed by atoms with Gasteiger partial charge >= 0.3 is 0 Å². The maximum absolute atomic E-state index is 8.76. The number of rotatable bonds is 1. The predicted octanol–water partition coefficient (Wildman–Crippen LogP) is 0.902. The summed E-state index contributed by atoms with van der Waals surface area (Å²) in [5, 5.41) is 17.0. The van der Waals surface area contributed by atoms with Crippen LogP contribution in [0.5, 0.6) is 0 Å². The van der Waals surface area contributed by atoms with E-state index in [-0.39, 0.29) is 5.57 Å². The lowest BCUT2D eigenvalue weighted by molar-refractivity contribution is 0.476. The van der Waals surface area contributed by atoms with Crippen LogP contribution in [0.4, 0.5) is 0 Å². The first-order chi connectivity index (χ1) is 6.38. The molecule has 0 fully saturated rings. The maximum atomic E-state index is 8.76. The lowest BCUT2D eigenvalue weighted by Gasteiger charge is -1.93. The number of hydrogen-bond donors (Lipinski definition) is 1. The molecule has 1 aromatic heterocycles. The zero-order valence-electron chi connectivity index (χ0n) is 6.60. The second-order valence-corrected chi connectivity index (χ2v) is 2.00. The Morgan fingerprint density at radius 1 is 1.54 bits per heavy atom. The zero-order chi connectivity index (χ0) is 9.52. The first-order valence-electron chi connectivity index (χ1n) is 3.39. The lowest BCUT2D eigenvalue weighted by Crippen LogP contribution is -1.87. The Balaban J connectivity index is 3.02. The topological polar surface area (TPSA) is 69.8 Å². The van der Waals surface area contributed by atoms with Gasteiger partial charge in [0, 0.05) is 18.3 Å². The Hall–Kier alpha value is -2.33. The minimum absolute atomic E-state index is 0.273. The van der Waals surface area contributed by atoms with Crippen LogP contribution in [0.1, 0.15) is 5.69 Å². The third-order valence-electron chi connectivity index (χ3n) is 1.22. The smallest absolute Gasteiger partial charge is 0.152 e. The van der Waals surface area contributed by atoms with Gasteiger partial charge in [0.1, 0.15) is 5.69 Å². The van der Waals surface area contributed by atoms with Gasteiger partial charge in [0.05, 0.1) is 18.0 Å². The molecule has 0 radical (unpaired) electrons. The van der Waals surface area contributed by atoms with Gasteiger partial charge in [-0.1, -0.05) is 0 Å². The molecule has 4 nitrogen and oxygen atoms in total. The van der Waals surface area contributed by atoms with Gasteiger partial charge in [-0.15, -0.1) is 0 Å². The first-order valence-corrected chi connectivity index (χ1v) is 3.39. The van der Waals surface area contributed by atoms with Gasteiger partial charge < -0.3 is 5.11 Å². The highest BCUT2D eigenvalue weighted by atomic mass is 16.2. The van der Waals surface area contributed by atoms with Crippen LogP contribution >= 0.6 is 0 Å². The van der Waals surface area contributed by atoms with E-state index in [0.717, 1.165) is 6.26 Å². The monoisotopic (exact) mass is 171 g/mol. The SMILES string of the molecule is N#CC#C/C(=C/O)c1cnccn1. The van der Waals surface area contributed by atoms with Gasteiger partial charge in [0.25, 0.3) is 0 Å². The Morgan fingerprint density at radius 3 is 2.92 bits per heavy atom. The second kappa shape index (κ2) is 4.53. The zero-order valence-corrected chi connectivity index (χ0v) is 6.60. The molecule has 4 heteroatoms. The molecule has 0 amide bonds. The summed E-state index contributed by atoms with van der Waals surface area (Å²) >= 11 is 0. The molecule has 13 heavy (non-hydrogen) atoms. The molecule has 0 unspecified atom stereocenters. The molecule has 0 atom stereocenters. The fraction of sp³-hybridized carbons (Fsp3) is 0. The molecule has 0 saturated carbocycles. The van der Waals surface area contributed by atoms with Crippen LogP contribution < -0.4 is 0 Å². The summed E-state index contributed by atoms with van der Waals surface area (Å²) in [4.78, 5) is 7.70. The molecule has 0 aromatic carbocycles. The maximum Gasteiger partial charge on any atom is 0.152 e. The van der Waals surface area contributed by atoms with E-state index in [1.54, 1.807) is 6.07 Å². The third kappa shape index (κ3) is 2.32. The molecule has 0 bridgehead atoms. The second-order valence-electron chi connectivity index (χ2n) is 2.00. The van der Waals surface area contributed by atoms with Gasteiger partial charge in [-0.25, -0.2) is 0 Å². The number of aliphatic hydroxyl groups excluding tert-OH is 1. The van der Waals surface area contributed by atoms with Crippen LogP contribution in [-0.2, 0) is 0 Å². The van der Waals surface area contributed by atoms with E-state index in [9.17, 15) is 0 Å². The molecule has 0 aliphatic carbocycles. The van der Waals surface area contributed by atoms with Crippen molar-refractivity contribution in [3.63, 3.8) is 0 Å². The molecule has 1 rings (SSSR count). The molecule has 0 saturated heterocycles. The number of aromatic nitrogens is 2. The van der Waals surface area contributed by atoms with Crippen LogP contribution in [0, 0.1) is 23.2 Å². The lowest BCUT2D eigenvalue weighted by atomic mass is 10.2. The van der Waals surface area contributed by atoms with Crippen molar-refractivity contribution in [2.75, 3.05) is 0 Å². The minimum atomic E-state index is 0.273. The first kappa shape index (κ1) is 8.76. The Morgan fingerprint density at radius 2 is 2.38 bits per heavy atom. The average molecular weight is 171 g/mol. The summed E-state index contributed by atoms with van der Waals surface area (Å²) in [6.45, 7) is 0. The summed E-state index contributed by atoms with van der Waals surface area (Å²) in [7, 11) is 0. The van der Waals surface area contributed by atoms with Gasteiger partial charge in [-0.05, 0) is 5.92 Å². The van der Waals surface area contributed by atoms with Crippen LogP contribution in [-0.4, -0.2) is 15.1 Å². The normalized spacial score (nSPS) is 9.62. The summed E-state index contributed by atoms with van der Waals surface area (Å²) in [5.74, 6) is 4.59.